The Morgan fingerprint density at radius 3 is 2.34 bits per heavy atom. The first-order valence-corrected chi connectivity index (χ1v) is 12.2. The molecular weight excluding hydrogens is 491 g/mol. The van der Waals surface area contributed by atoms with E-state index < -0.39 is 23.2 Å². The van der Waals surface area contributed by atoms with Gasteiger partial charge in [-0.05, 0) is 75.4 Å². The molecule has 0 saturated carbocycles. The van der Waals surface area contributed by atoms with Gasteiger partial charge in [0.1, 0.15) is 22.9 Å². The summed E-state index contributed by atoms with van der Waals surface area (Å²) in [5.74, 6) is -1.54. The molecule has 0 atom stereocenters. The number of piperidine rings is 1. The molecule has 0 spiro atoms. The summed E-state index contributed by atoms with van der Waals surface area (Å²) in [7, 11) is 0. The Morgan fingerprint density at radius 2 is 1.76 bits per heavy atom. The Balaban J connectivity index is 1.51. The smallest absolute Gasteiger partial charge is 0.410 e. The summed E-state index contributed by atoms with van der Waals surface area (Å²) in [5, 5.41) is 2.54. The highest BCUT2D eigenvalue weighted by atomic mass is 19.1. The van der Waals surface area contributed by atoms with Crippen LogP contribution in [0.15, 0.2) is 48.8 Å². The molecule has 0 aliphatic carbocycles. The quantitative estimate of drug-likeness (QED) is 0.461. The summed E-state index contributed by atoms with van der Waals surface area (Å²) in [6.07, 6.45) is 4.00. The number of hydrogen-bond acceptors (Lipinski definition) is 6. The molecular formula is C27H31FN6O4. The zero-order valence-electron chi connectivity index (χ0n) is 21.5. The molecule has 0 radical (unpaired) electrons. The fourth-order valence-corrected chi connectivity index (χ4v) is 4.45. The molecule has 0 unspecified atom stereocenters. The number of benzene rings is 1. The number of carbonyl (C=O) groups excluding carboxylic acids is 3. The van der Waals surface area contributed by atoms with Gasteiger partial charge in [-0.2, -0.15) is 0 Å². The molecule has 3 heterocycles. The first-order valence-electron chi connectivity index (χ1n) is 12.2. The number of nitrogens with one attached hydrogen (secondary N) is 1. The molecule has 4 rings (SSSR count). The van der Waals surface area contributed by atoms with Gasteiger partial charge >= 0.3 is 6.09 Å². The first kappa shape index (κ1) is 26.6. The van der Waals surface area contributed by atoms with Crippen LogP contribution in [0.4, 0.5) is 20.7 Å². The number of aromatic nitrogens is 2. The Kier molecular flexibility index (Phi) is 7.38. The molecule has 11 heteroatoms. The van der Waals surface area contributed by atoms with Gasteiger partial charge < -0.3 is 31.0 Å². The normalized spacial score (nSPS) is 14.3. The van der Waals surface area contributed by atoms with E-state index in [2.05, 4.69) is 10.3 Å². The fourth-order valence-electron chi connectivity index (χ4n) is 4.45. The van der Waals surface area contributed by atoms with Crippen LogP contribution in [0.1, 0.15) is 65.9 Å². The van der Waals surface area contributed by atoms with Crippen molar-refractivity contribution in [3.8, 4) is 5.69 Å². The predicted molar refractivity (Wildman–Crippen MR) is 141 cm³/mol. The molecule has 200 valence electrons. The highest BCUT2D eigenvalue weighted by Gasteiger charge is 2.30. The van der Waals surface area contributed by atoms with Crippen LogP contribution in [0.25, 0.3) is 5.69 Å². The van der Waals surface area contributed by atoms with Gasteiger partial charge in [-0.1, -0.05) is 0 Å². The molecule has 5 N–H and O–H groups in total. The molecule has 3 aromatic rings. The molecule has 38 heavy (non-hydrogen) atoms. The molecule has 3 amide bonds. The molecule has 0 bridgehead atoms. The Labute approximate surface area is 219 Å². The predicted octanol–water partition coefficient (Wildman–Crippen LogP) is 4.06. The zero-order chi connectivity index (χ0) is 27.6. The molecule has 1 fully saturated rings. The number of nitrogens with zero attached hydrogens (tertiary/aromatic N) is 3. The van der Waals surface area contributed by atoms with Crippen molar-refractivity contribution in [2.75, 3.05) is 24.1 Å². The molecule has 1 aliphatic rings. The molecule has 1 saturated heterocycles. The molecule has 2 aromatic heterocycles. The minimum atomic E-state index is -0.682. The van der Waals surface area contributed by atoms with Crippen LogP contribution in [0.5, 0.6) is 0 Å². The number of rotatable bonds is 5. The van der Waals surface area contributed by atoms with E-state index in [4.69, 9.17) is 16.2 Å². The van der Waals surface area contributed by atoms with E-state index in [0.717, 1.165) is 11.6 Å². The van der Waals surface area contributed by atoms with Crippen LogP contribution < -0.4 is 16.8 Å². The average molecular weight is 523 g/mol. The molecule has 10 nitrogen and oxygen atoms in total. The number of halogens is 1. The largest absolute Gasteiger partial charge is 0.444 e. The SMILES string of the molecule is CC(C)(C)OC(=O)N1CCC(c2cn(-c3ccc(C(=O)Nc4cc(F)ccn4)cc3)c(C(N)=O)c2N)CC1. The fraction of sp³-hybridized carbons (Fsp3) is 0.333. The lowest BCUT2D eigenvalue weighted by atomic mass is 9.90. The lowest BCUT2D eigenvalue weighted by molar-refractivity contribution is 0.0205. The maximum atomic E-state index is 13.4. The lowest BCUT2D eigenvalue weighted by Gasteiger charge is -2.33. The van der Waals surface area contributed by atoms with E-state index in [-0.39, 0.29) is 23.5 Å². The Bertz CT molecular complexity index is 1350. The van der Waals surface area contributed by atoms with Crippen molar-refractivity contribution >= 4 is 29.4 Å². The maximum Gasteiger partial charge on any atom is 0.410 e. The topological polar surface area (TPSA) is 146 Å². The summed E-state index contributed by atoms with van der Waals surface area (Å²) in [6.45, 7) is 6.48. The standard InChI is InChI=1S/C27H31FN6O4/c1-27(2,3)38-26(37)33-12-9-16(10-13-33)20-15-34(23(22(20)29)24(30)35)19-6-4-17(5-7-19)25(36)32-21-14-18(28)8-11-31-21/h4-8,11,14-16H,9-10,12-13,29H2,1-3H3,(H2,30,35)(H,31,32,36). The maximum absolute atomic E-state index is 13.4. The second-order valence-electron chi connectivity index (χ2n) is 10.2. The van der Waals surface area contributed by atoms with Crippen molar-refractivity contribution in [3.63, 3.8) is 0 Å². The van der Waals surface area contributed by atoms with Crippen LogP contribution in [-0.4, -0.2) is 51.0 Å². The number of anilines is 2. The van der Waals surface area contributed by atoms with Gasteiger partial charge in [0, 0.05) is 42.8 Å². The number of hydrogen-bond donors (Lipinski definition) is 3. The van der Waals surface area contributed by atoms with Crippen molar-refractivity contribution < 1.29 is 23.5 Å². The number of ether oxygens (including phenoxy) is 1. The summed E-state index contributed by atoms with van der Waals surface area (Å²) < 4.78 is 20.5. The summed E-state index contributed by atoms with van der Waals surface area (Å²) >= 11 is 0. The Hall–Kier alpha value is -4.41. The number of amides is 3. The summed E-state index contributed by atoms with van der Waals surface area (Å²) in [6, 6.07) is 8.77. The van der Waals surface area contributed by atoms with Crippen molar-refractivity contribution in [3.05, 3.63) is 71.4 Å². The van der Waals surface area contributed by atoms with Gasteiger partial charge in [0.15, 0.2) is 0 Å². The average Bonchev–Trinajstić information content (AvgIpc) is 3.20. The van der Waals surface area contributed by atoms with Gasteiger partial charge in [-0.25, -0.2) is 14.2 Å². The highest BCUT2D eigenvalue weighted by Crippen LogP contribution is 2.36. The van der Waals surface area contributed by atoms with Gasteiger partial charge in [0.2, 0.25) is 0 Å². The van der Waals surface area contributed by atoms with Crippen molar-refractivity contribution in [2.45, 2.75) is 45.1 Å². The van der Waals surface area contributed by atoms with E-state index in [1.54, 1.807) is 39.9 Å². The second-order valence-corrected chi connectivity index (χ2v) is 10.2. The lowest BCUT2D eigenvalue weighted by Crippen LogP contribution is -2.41. The van der Waals surface area contributed by atoms with E-state index in [9.17, 15) is 18.8 Å². The molecule has 1 aliphatic heterocycles. The minimum absolute atomic E-state index is 0.0249. The second kappa shape index (κ2) is 10.5. The van der Waals surface area contributed by atoms with Gasteiger partial charge in [-0.15, -0.1) is 0 Å². The number of pyridine rings is 1. The third-order valence-corrected chi connectivity index (χ3v) is 6.27. The number of nitrogen functional groups attached to an aromatic ring is 1. The van der Waals surface area contributed by atoms with E-state index in [1.807, 2.05) is 20.8 Å². The number of carbonyl (C=O) groups is 3. The highest BCUT2D eigenvalue weighted by molar-refractivity contribution is 6.04. The third-order valence-electron chi connectivity index (χ3n) is 6.27. The Morgan fingerprint density at radius 1 is 1.11 bits per heavy atom. The monoisotopic (exact) mass is 522 g/mol. The van der Waals surface area contributed by atoms with E-state index in [1.165, 1.54) is 12.3 Å². The van der Waals surface area contributed by atoms with E-state index in [0.29, 0.717) is 42.9 Å². The van der Waals surface area contributed by atoms with Crippen LogP contribution >= 0.6 is 0 Å². The summed E-state index contributed by atoms with van der Waals surface area (Å²) in [4.78, 5) is 42.9. The van der Waals surface area contributed by atoms with Crippen LogP contribution in [-0.2, 0) is 4.74 Å². The molecule has 1 aromatic carbocycles. The van der Waals surface area contributed by atoms with Crippen LogP contribution in [0.3, 0.4) is 0 Å². The van der Waals surface area contributed by atoms with E-state index >= 15 is 0 Å². The number of likely N-dealkylation sites (tertiary alicyclic amines) is 1. The number of primary amides is 1. The van der Waals surface area contributed by atoms with Gasteiger partial charge in [0.05, 0.1) is 5.69 Å². The van der Waals surface area contributed by atoms with Crippen molar-refractivity contribution in [1.29, 1.82) is 0 Å². The van der Waals surface area contributed by atoms with Gasteiger partial charge in [0.25, 0.3) is 11.8 Å². The third kappa shape index (κ3) is 5.93. The zero-order valence-corrected chi connectivity index (χ0v) is 21.5. The van der Waals surface area contributed by atoms with Crippen molar-refractivity contribution in [2.24, 2.45) is 5.73 Å². The van der Waals surface area contributed by atoms with Crippen LogP contribution in [0.2, 0.25) is 0 Å². The van der Waals surface area contributed by atoms with Crippen molar-refractivity contribution in [1.82, 2.24) is 14.5 Å². The number of nitrogens with two attached hydrogens (primary N) is 2. The summed E-state index contributed by atoms with van der Waals surface area (Å²) in [5.41, 5.74) is 13.6. The van der Waals surface area contributed by atoms with Gasteiger partial charge in [-0.3, -0.25) is 9.59 Å². The first-order chi connectivity index (χ1) is 17.9. The minimum Gasteiger partial charge on any atom is -0.444 e. The van der Waals surface area contributed by atoms with Crippen LogP contribution in [0, 0.1) is 5.82 Å².